The Labute approximate surface area is 143 Å². The zero-order valence-electron chi connectivity index (χ0n) is 13.3. The molecule has 0 bridgehead atoms. The smallest absolute Gasteiger partial charge is 0.143 e. The largest absolute Gasteiger partial charge is 0.361 e. The Bertz CT molecular complexity index is 1170. The molecule has 2 aromatic carbocycles. The fourth-order valence-electron chi connectivity index (χ4n) is 3.08. The molecule has 3 aromatic heterocycles. The average molecular weight is 325 g/mol. The maximum Gasteiger partial charge on any atom is 0.143 e. The number of rotatable bonds is 3. The molecule has 0 spiro atoms. The summed E-state index contributed by atoms with van der Waals surface area (Å²) in [4.78, 5) is 15.4. The fourth-order valence-corrected chi connectivity index (χ4v) is 3.08. The third-order valence-electron chi connectivity index (χ3n) is 4.33. The molecule has 0 fully saturated rings. The normalized spacial score (nSPS) is 11.2. The zero-order valence-corrected chi connectivity index (χ0v) is 13.3. The van der Waals surface area contributed by atoms with Crippen LogP contribution < -0.4 is 5.32 Å². The van der Waals surface area contributed by atoms with E-state index >= 15 is 0 Å². The van der Waals surface area contributed by atoms with E-state index in [0.29, 0.717) is 0 Å². The second-order valence-electron chi connectivity index (χ2n) is 5.94. The molecule has 0 radical (unpaired) electrons. The monoisotopic (exact) mass is 325 g/mol. The number of nitrogens with one attached hydrogen (secondary N) is 3. The quantitative estimate of drug-likeness (QED) is 0.444. The number of aromatic nitrogens is 4. The lowest BCUT2D eigenvalue weighted by Crippen LogP contribution is -1.94. The summed E-state index contributed by atoms with van der Waals surface area (Å²) in [5.41, 5.74) is 5.08. The summed E-state index contributed by atoms with van der Waals surface area (Å²) in [6, 6.07) is 20.5. The van der Waals surface area contributed by atoms with Gasteiger partial charge in [-0.05, 0) is 35.9 Å². The van der Waals surface area contributed by atoms with Crippen LogP contribution in [0.25, 0.3) is 33.2 Å². The first kappa shape index (κ1) is 13.8. The highest BCUT2D eigenvalue weighted by molar-refractivity contribution is 5.93. The lowest BCUT2D eigenvalue weighted by atomic mass is 10.1. The van der Waals surface area contributed by atoms with E-state index in [9.17, 15) is 0 Å². The summed E-state index contributed by atoms with van der Waals surface area (Å²) in [7, 11) is 0. The van der Waals surface area contributed by atoms with Crippen LogP contribution in [0.2, 0.25) is 0 Å². The molecule has 3 heterocycles. The molecule has 25 heavy (non-hydrogen) atoms. The lowest BCUT2D eigenvalue weighted by molar-refractivity contribution is 1.20. The fraction of sp³-hybridized carbons (Fsp3) is 0. The third kappa shape index (κ3) is 2.42. The summed E-state index contributed by atoms with van der Waals surface area (Å²) < 4.78 is 0. The van der Waals surface area contributed by atoms with E-state index in [0.717, 1.165) is 44.7 Å². The van der Waals surface area contributed by atoms with Gasteiger partial charge in [0.1, 0.15) is 17.8 Å². The van der Waals surface area contributed by atoms with Crippen LogP contribution in [0, 0.1) is 0 Å². The van der Waals surface area contributed by atoms with Crippen molar-refractivity contribution >= 4 is 33.4 Å². The van der Waals surface area contributed by atoms with Gasteiger partial charge in [-0.3, -0.25) is 0 Å². The first-order valence-electron chi connectivity index (χ1n) is 8.10. The van der Waals surface area contributed by atoms with Crippen LogP contribution in [0.4, 0.5) is 11.5 Å². The van der Waals surface area contributed by atoms with Crippen molar-refractivity contribution in [2.75, 3.05) is 5.32 Å². The second-order valence-corrected chi connectivity index (χ2v) is 5.94. The molecule has 0 saturated carbocycles. The van der Waals surface area contributed by atoms with Crippen molar-refractivity contribution in [2.24, 2.45) is 0 Å². The summed E-state index contributed by atoms with van der Waals surface area (Å²) in [6.45, 7) is 0. The first-order valence-corrected chi connectivity index (χ1v) is 8.10. The Kier molecular flexibility index (Phi) is 3.03. The van der Waals surface area contributed by atoms with Crippen molar-refractivity contribution in [3.63, 3.8) is 0 Å². The summed E-state index contributed by atoms with van der Waals surface area (Å²) in [6.07, 6.45) is 3.51. The van der Waals surface area contributed by atoms with Crippen molar-refractivity contribution in [3.8, 4) is 11.3 Å². The number of H-pyrrole nitrogens is 2. The molecule has 0 aliphatic rings. The Hall–Kier alpha value is -3.60. The molecule has 5 nitrogen and oxygen atoms in total. The van der Waals surface area contributed by atoms with Gasteiger partial charge in [0.15, 0.2) is 0 Å². The first-order chi connectivity index (χ1) is 12.4. The molecule has 0 amide bonds. The van der Waals surface area contributed by atoms with Crippen LogP contribution in [0.3, 0.4) is 0 Å². The Morgan fingerprint density at radius 2 is 1.80 bits per heavy atom. The van der Waals surface area contributed by atoms with Crippen LogP contribution in [0.1, 0.15) is 0 Å². The second kappa shape index (κ2) is 5.49. The van der Waals surface area contributed by atoms with Crippen LogP contribution in [-0.4, -0.2) is 19.9 Å². The molecule has 120 valence electrons. The highest BCUT2D eigenvalue weighted by atomic mass is 15.0. The maximum atomic E-state index is 4.43. The van der Waals surface area contributed by atoms with E-state index < -0.39 is 0 Å². The SMILES string of the molecule is c1ccc(-c2cc3c(Nc4ccc5[nH]ccc5c4)ncnc3[nH]2)cc1. The molecule has 5 heteroatoms. The van der Waals surface area contributed by atoms with Crippen molar-refractivity contribution in [2.45, 2.75) is 0 Å². The number of aromatic amines is 2. The predicted molar refractivity (Wildman–Crippen MR) is 101 cm³/mol. The van der Waals surface area contributed by atoms with Gasteiger partial charge in [0.05, 0.1) is 5.39 Å². The van der Waals surface area contributed by atoms with Gasteiger partial charge in [0.2, 0.25) is 0 Å². The van der Waals surface area contributed by atoms with E-state index in [4.69, 9.17) is 0 Å². The summed E-state index contributed by atoms with van der Waals surface area (Å²) in [5.74, 6) is 0.790. The Morgan fingerprint density at radius 3 is 2.72 bits per heavy atom. The van der Waals surface area contributed by atoms with Gasteiger partial charge >= 0.3 is 0 Å². The molecule has 5 aromatic rings. The number of hydrogen-bond acceptors (Lipinski definition) is 3. The van der Waals surface area contributed by atoms with Gasteiger partial charge < -0.3 is 15.3 Å². The van der Waals surface area contributed by atoms with Crippen molar-refractivity contribution in [1.82, 2.24) is 19.9 Å². The molecule has 5 rings (SSSR count). The van der Waals surface area contributed by atoms with Crippen molar-refractivity contribution < 1.29 is 0 Å². The van der Waals surface area contributed by atoms with Crippen molar-refractivity contribution in [1.29, 1.82) is 0 Å². The molecular weight excluding hydrogens is 310 g/mol. The summed E-state index contributed by atoms with van der Waals surface area (Å²) >= 11 is 0. The van der Waals surface area contributed by atoms with Crippen LogP contribution >= 0.6 is 0 Å². The van der Waals surface area contributed by atoms with Crippen LogP contribution in [0.5, 0.6) is 0 Å². The highest BCUT2D eigenvalue weighted by Gasteiger charge is 2.10. The minimum Gasteiger partial charge on any atom is -0.361 e. The summed E-state index contributed by atoms with van der Waals surface area (Å²) in [5, 5.41) is 5.54. The number of anilines is 2. The predicted octanol–water partition coefficient (Wildman–Crippen LogP) is 4.85. The molecule has 3 N–H and O–H groups in total. The van der Waals surface area contributed by atoms with Gasteiger partial charge in [0, 0.05) is 28.5 Å². The molecule has 0 unspecified atom stereocenters. The Balaban J connectivity index is 1.57. The van der Waals surface area contributed by atoms with Gasteiger partial charge in [0.25, 0.3) is 0 Å². The third-order valence-corrected chi connectivity index (χ3v) is 4.33. The standard InChI is InChI=1S/C20H15N5/c1-2-4-13(5-3-1)18-11-16-19(22-12-23-20(16)25-18)24-15-6-7-17-14(10-15)8-9-21-17/h1-12,21H,(H2,22,23,24,25). The lowest BCUT2D eigenvalue weighted by Gasteiger charge is -2.06. The number of fused-ring (bicyclic) bond motifs is 2. The van der Waals surface area contributed by atoms with E-state index in [2.05, 4.69) is 61.7 Å². The van der Waals surface area contributed by atoms with Gasteiger partial charge in [-0.25, -0.2) is 9.97 Å². The van der Waals surface area contributed by atoms with Crippen molar-refractivity contribution in [3.05, 3.63) is 73.2 Å². The number of hydrogen-bond donors (Lipinski definition) is 3. The van der Waals surface area contributed by atoms with E-state index in [-0.39, 0.29) is 0 Å². The zero-order chi connectivity index (χ0) is 16.6. The van der Waals surface area contributed by atoms with Gasteiger partial charge in [-0.2, -0.15) is 0 Å². The molecule has 0 aliphatic carbocycles. The molecule has 0 saturated heterocycles. The topological polar surface area (TPSA) is 69.4 Å². The molecule has 0 atom stereocenters. The highest BCUT2D eigenvalue weighted by Crippen LogP contribution is 2.29. The van der Waals surface area contributed by atoms with Crippen LogP contribution in [-0.2, 0) is 0 Å². The van der Waals surface area contributed by atoms with Gasteiger partial charge in [-0.15, -0.1) is 0 Å². The van der Waals surface area contributed by atoms with Gasteiger partial charge in [-0.1, -0.05) is 30.3 Å². The maximum absolute atomic E-state index is 4.43. The minimum atomic E-state index is 0.790. The van der Waals surface area contributed by atoms with Crippen LogP contribution in [0.15, 0.2) is 73.2 Å². The molecule has 0 aliphatic heterocycles. The Morgan fingerprint density at radius 1 is 0.880 bits per heavy atom. The van der Waals surface area contributed by atoms with E-state index in [1.54, 1.807) is 6.33 Å². The minimum absolute atomic E-state index is 0.790. The average Bonchev–Trinajstić information content (AvgIpc) is 3.29. The van der Waals surface area contributed by atoms with E-state index in [1.807, 2.05) is 30.5 Å². The number of nitrogens with zero attached hydrogens (tertiary/aromatic N) is 2. The number of benzene rings is 2. The van der Waals surface area contributed by atoms with E-state index in [1.165, 1.54) is 0 Å². The molecular formula is C20H15N5.